The Balaban J connectivity index is 1.26. The highest BCUT2D eigenvalue weighted by Gasteiger charge is 2.25. The molecule has 0 aliphatic carbocycles. The minimum atomic E-state index is -0.251. The molecule has 1 saturated heterocycles. The van der Waals surface area contributed by atoms with Gasteiger partial charge in [0.15, 0.2) is 5.58 Å². The average molecular weight is 432 g/mol. The number of oxazole rings is 1. The lowest BCUT2D eigenvalue weighted by Gasteiger charge is -2.36. The Labute approximate surface area is 183 Å². The summed E-state index contributed by atoms with van der Waals surface area (Å²) in [5, 5.41) is 2.94. The fourth-order valence-electron chi connectivity index (χ4n) is 3.79. The minimum Gasteiger partial charge on any atom is -0.423 e. The number of anilines is 3. The number of hydrogen-bond acceptors (Lipinski definition) is 7. The Morgan fingerprint density at radius 2 is 1.78 bits per heavy atom. The van der Waals surface area contributed by atoms with Crippen LogP contribution in [0.3, 0.4) is 0 Å². The van der Waals surface area contributed by atoms with Crippen molar-refractivity contribution < 1.29 is 13.6 Å². The number of aromatic nitrogens is 3. The maximum Gasteiger partial charge on any atom is 0.302 e. The highest BCUT2D eigenvalue weighted by molar-refractivity contribution is 5.95. The maximum absolute atomic E-state index is 14.0. The fourth-order valence-corrected chi connectivity index (χ4v) is 3.79. The maximum atomic E-state index is 14.0. The molecule has 2 aromatic carbocycles. The van der Waals surface area contributed by atoms with Crippen LogP contribution >= 0.6 is 0 Å². The Bertz CT molecular complexity index is 1250. The molecule has 0 atom stereocenters. The molecule has 1 fully saturated rings. The van der Waals surface area contributed by atoms with Gasteiger partial charge < -0.3 is 14.2 Å². The molecule has 1 N–H and O–H groups in total. The van der Waals surface area contributed by atoms with Crippen molar-refractivity contribution >= 4 is 34.7 Å². The summed E-state index contributed by atoms with van der Waals surface area (Å²) >= 11 is 0. The fraction of sp³-hybridized carbons (Fsp3) is 0.217. The summed E-state index contributed by atoms with van der Waals surface area (Å²) in [6.45, 7) is 3.88. The van der Waals surface area contributed by atoms with E-state index >= 15 is 0 Å². The molecule has 8 nitrogen and oxygen atoms in total. The van der Waals surface area contributed by atoms with Crippen molar-refractivity contribution in [2.45, 2.75) is 6.92 Å². The minimum absolute atomic E-state index is 0.135. The molecular weight excluding hydrogens is 411 g/mol. The first kappa shape index (κ1) is 19.9. The van der Waals surface area contributed by atoms with Crippen LogP contribution in [0.15, 0.2) is 59.1 Å². The molecule has 4 aromatic rings. The highest BCUT2D eigenvalue weighted by atomic mass is 19.1. The summed E-state index contributed by atoms with van der Waals surface area (Å²) in [5.74, 6) is -0.0855. The van der Waals surface area contributed by atoms with Gasteiger partial charge in [0.1, 0.15) is 11.3 Å². The number of para-hydroxylation sites is 3. The predicted molar refractivity (Wildman–Crippen MR) is 119 cm³/mol. The number of nitrogens with one attached hydrogen (secondary N) is 1. The zero-order valence-electron chi connectivity index (χ0n) is 17.5. The van der Waals surface area contributed by atoms with E-state index in [1.807, 2.05) is 35.2 Å². The van der Waals surface area contributed by atoms with Gasteiger partial charge in [0, 0.05) is 32.4 Å². The Kier molecular flexibility index (Phi) is 5.14. The lowest BCUT2D eigenvalue weighted by atomic mass is 10.2. The lowest BCUT2D eigenvalue weighted by Crippen LogP contribution is -2.49. The number of carbonyl (C=O) groups is 1. The molecule has 1 aliphatic heterocycles. The summed E-state index contributed by atoms with van der Waals surface area (Å²) in [6, 6.07) is 14.4. The first-order chi connectivity index (χ1) is 15.6. The van der Waals surface area contributed by atoms with Crippen LogP contribution in [-0.4, -0.2) is 51.9 Å². The van der Waals surface area contributed by atoms with Gasteiger partial charge in [-0.2, -0.15) is 4.98 Å². The van der Waals surface area contributed by atoms with Crippen LogP contribution in [0.1, 0.15) is 16.1 Å². The second-order valence-electron chi connectivity index (χ2n) is 7.54. The number of halogens is 1. The van der Waals surface area contributed by atoms with Crippen LogP contribution in [0, 0.1) is 12.7 Å². The largest absolute Gasteiger partial charge is 0.423 e. The lowest BCUT2D eigenvalue weighted by molar-refractivity contribution is 0.0745. The van der Waals surface area contributed by atoms with Gasteiger partial charge in [0.25, 0.3) is 5.91 Å². The van der Waals surface area contributed by atoms with E-state index in [0.29, 0.717) is 54.7 Å². The van der Waals surface area contributed by atoms with Gasteiger partial charge in [0.05, 0.1) is 16.9 Å². The Morgan fingerprint density at radius 3 is 2.53 bits per heavy atom. The molecular formula is C23H21FN6O2. The SMILES string of the molecule is Cc1nc(Nc2nc3ccccc3o2)ncc1C(=O)N1CCN(c2ccccc2F)CC1. The van der Waals surface area contributed by atoms with Crippen molar-refractivity contribution in [1.82, 2.24) is 19.9 Å². The van der Waals surface area contributed by atoms with Crippen molar-refractivity contribution in [2.24, 2.45) is 0 Å². The third kappa shape index (κ3) is 3.84. The Hall–Kier alpha value is -4.01. The van der Waals surface area contributed by atoms with Crippen LogP contribution < -0.4 is 10.2 Å². The monoisotopic (exact) mass is 432 g/mol. The van der Waals surface area contributed by atoms with Crippen LogP contribution in [0.5, 0.6) is 0 Å². The van der Waals surface area contributed by atoms with Crippen molar-refractivity contribution in [1.29, 1.82) is 0 Å². The summed E-state index contributed by atoms with van der Waals surface area (Å²) in [6.07, 6.45) is 1.51. The molecule has 1 aliphatic rings. The van der Waals surface area contributed by atoms with Crippen LogP contribution in [0.4, 0.5) is 22.0 Å². The number of carbonyl (C=O) groups excluding carboxylic acids is 1. The second kappa shape index (κ2) is 8.26. The van der Waals surface area contributed by atoms with Crippen molar-refractivity contribution in [3.8, 4) is 0 Å². The number of amides is 1. The van der Waals surface area contributed by atoms with E-state index in [1.165, 1.54) is 12.3 Å². The Morgan fingerprint density at radius 1 is 1.03 bits per heavy atom. The second-order valence-corrected chi connectivity index (χ2v) is 7.54. The zero-order chi connectivity index (χ0) is 22.1. The first-order valence-corrected chi connectivity index (χ1v) is 10.3. The van der Waals surface area contributed by atoms with E-state index in [-0.39, 0.29) is 17.7 Å². The number of benzene rings is 2. The summed E-state index contributed by atoms with van der Waals surface area (Å²) in [5.41, 5.74) is 2.95. The van der Waals surface area contributed by atoms with Crippen molar-refractivity contribution in [3.05, 3.63) is 71.8 Å². The highest BCUT2D eigenvalue weighted by Crippen LogP contribution is 2.23. The number of rotatable bonds is 4. The van der Waals surface area contributed by atoms with Gasteiger partial charge in [-0.05, 0) is 31.2 Å². The number of piperazine rings is 1. The molecule has 0 unspecified atom stereocenters. The van der Waals surface area contributed by atoms with Crippen LogP contribution in [0.2, 0.25) is 0 Å². The van der Waals surface area contributed by atoms with E-state index in [2.05, 4.69) is 20.3 Å². The molecule has 1 amide bonds. The predicted octanol–water partition coefficient (Wildman–Crippen LogP) is 3.77. The normalized spacial score (nSPS) is 14.1. The van der Waals surface area contributed by atoms with Gasteiger partial charge in [-0.25, -0.2) is 14.4 Å². The molecule has 5 rings (SSSR count). The van der Waals surface area contributed by atoms with Gasteiger partial charge in [-0.15, -0.1) is 0 Å². The number of aryl methyl sites for hydroxylation is 1. The molecule has 0 radical (unpaired) electrons. The first-order valence-electron chi connectivity index (χ1n) is 10.3. The molecule has 2 aromatic heterocycles. The smallest absolute Gasteiger partial charge is 0.302 e. The zero-order valence-corrected chi connectivity index (χ0v) is 17.5. The van der Waals surface area contributed by atoms with Crippen molar-refractivity contribution in [3.63, 3.8) is 0 Å². The van der Waals surface area contributed by atoms with E-state index < -0.39 is 0 Å². The van der Waals surface area contributed by atoms with Gasteiger partial charge in [-0.1, -0.05) is 24.3 Å². The van der Waals surface area contributed by atoms with E-state index in [1.54, 1.807) is 24.0 Å². The average Bonchev–Trinajstić information content (AvgIpc) is 3.21. The summed E-state index contributed by atoms with van der Waals surface area (Å²) in [4.78, 5) is 29.7. The number of fused-ring (bicyclic) bond motifs is 1. The van der Waals surface area contributed by atoms with Crippen LogP contribution in [0.25, 0.3) is 11.1 Å². The molecule has 32 heavy (non-hydrogen) atoms. The van der Waals surface area contributed by atoms with E-state index in [4.69, 9.17) is 4.42 Å². The molecule has 0 saturated carbocycles. The molecule has 0 spiro atoms. The quantitative estimate of drug-likeness (QED) is 0.525. The van der Waals surface area contributed by atoms with Gasteiger partial charge >= 0.3 is 6.01 Å². The standard InChI is InChI=1S/C23H21FN6O2/c1-15-16(14-25-22(26-15)28-23-27-18-7-3-5-9-20(18)32-23)21(31)30-12-10-29(11-13-30)19-8-4-2-6-17(19)24/h2-9,14H,10-13H2,1H3,(H,25,26,27,28). The molecule has 9 heteroatoms. The number of nitrogens with zero attached hydrogens (tertiary/aromatic N) is 5. The third-order valence-electron chi connectivity index (χ3n) is 5.48. The summed E-state index contributed by atoms with van der Waals surface area (Å²) in [7, 11) is 0. The van der Waals surface area contributed by atoms with Gasteiger partial charge in [0.2, 0.25) is 5.95 Å². The van der Waals surface area contributed by atoms with E-state index in [9.17, 15) is 9.18 Å². The molecule has 0 bridgehead atoms. The van der Waals surface area contributed by atoms with Crippen molar-refractivity contribution in [2.75, 3.05) is 36.4 Å². The summed E-state index contributed by atoms with van der Waals surface area (Å²) < 4.78 is 19.7. The third-order valence-corrected chi connectivity index (χ3v) is 5.48. The molecule has 162 valence electrons. The van der Waals surface area contributed by atoms with E-state index in [0.717, 1.165) is 5.52 Å². The molecule has 3 heterocycles. The van der Waals surface area contributed by atoms with Gasteiger partial charge in [-0.3, -0.25) is 10.1 Å². The number of hydrogen-bond donors (Lipinski definition) is 1. The van der Waals surface area contributed by atoms with Crippen LogP contribution in [-0.2, 0) is 0 Å². The topological polar surface area (TPSA) is 87.4 Å².